The number of ether oxygens (including phenoxy) is 1. The minimum absolute atomic E-state index is 0.702. The summed E-state index contributed by atoms with van der Waals surface area (Å²) in [5.74, 6) is -3.34. The summed E-state index contributed by atoms with van der Waals surface area (Å²) in [6.45, 7) is -0.702. The molecule has 0 aliphatic heterocycles. The first-order chi connectivity index (χ1) is 7.88. The maximum absolute atomic E-state index is 13.2. The molecule has 0 amide bonds. The molecule has 0 saturated carbocycles. The number of rotatable bonds is 4. The molecular formula is C9H9F2NO4S. The molecule has 0 aromatic heterocycles. The fourth-order valence-electron chi connectivity index (χ4n) is 1.04. The topological polar surface area (TPSA) is 72.5 Å². The van der Waals surface area contributed by atoms with E-state index in [2.05, 4.69) is 4.74 Å². The second-order valence-corrected chi connectivity index (χ2v) is 4.66. The molecule has 0 unspecified atom stereocenters. The molecule has 0 heterocycles. The van der Waals surface area contributed by atoms with E-state index in [9.17, 15) is 22.0 Å². The first-order valence-electron chi connectivity index (χ1n) is 4.39. The van der Waals surface area contributed by atoms with Crippen molar-refractivity contribution in [2.24, 2.45) is 0 Å². The first-order valence-corrected chi connectivity index (χ1v) is 5.87. The fraction of sp³-hybridized carbons (Fsp3) is 0.222. The van der Waals surface area contributed by atoms with Crippen molar-refractivity contribution in [3.8, 4) is 0 Å². The van der Waals surface area contributed by atoms with Gasteiger partial charge in [-0.25, -0.2) is 17.2 Å². The molecule has 17 heavy (non-hydrogen) atoms. The Bertz CT molecular complexity index is 510. The summed E-state index contributed by atoms with van der Waals surface area (Å²) >= 11 is 0. The van der Waals surface area contributed by atoms with Gasteiger partial charge in [-0.1, -0.05) is 6.07 Å². The number of benzene rings is 1. The number of esters is 1. The van der Waals surface area contributed by atoms with Crippen molar-refractivity contribution in [3.63, 3.8) is 0 Å². The second kappa shape index (κ2) is 5.19. The third-order valence-electron chi connectivity index (χ3n) is 1.82. The Hall–Kier alpha value is -1.54. The smallest absolute Gasteiger partial charge is 0.320 e. The molecule has 0 fully saturated rings. The average Bonchev–Trinajstić information content (AvgIpc) is 2.25. The number of carbonyl (C=O) groups excluding carboxylic acids is 1. The van der Waals surface area contributed by atoms with E-state index in [1.165, 1.54) is 0 Å². The van der Waals surface area contributed by atoms with E-state index >= 15 is 0 Å². The van der Waals surface area contributed by atoms with Crippen molar-refractivity contribution < 1.29 is 26.7 Å². The van der Waals surface area contributed by atoms with E-state index in [1.54, 1.807) is 4.72 Å². The van der Waals surface area contributed by atoms with Gasteiger partial charge in [0.25, 0.3) is 0 Å². The van der Waals surface area contributed by atoms with Gasteiger partial charge in [0.1, 0.15) is 18.2 Å². The Morgan fingerprint density at radius 2 is 1.88 bits per heavy atom. The molecule has 0 aliphatic carbocycles. The standard InChI is InChI=1S/C9H9F2NO4S/c1-16-8(13)5-12-17(14,15)9-6(10)3-2-4-7(9)11/h2-4,12H,5H2,1H3. The average molecular weight is 265 g/mol. The van der Waals surface area contributed by atoms with Gasteiger partial charge in [0.2, 0.25) is 10.0 Å². The molecule has 1 rings (SSSR count). The molecular weight excluding hydrogens is 256 g/mol. The quantitative estimate of drug-likeness (QED) is 0.801. The largest absolute Gasteiger partial charge is 0.468 e. The SMILES string of the molecule is COC(=O)CNS(=O)(=O)c1c(F)cccc1F. The third-order valence-corrected chi connectivity index (χ3v) is 3.27. The van der Waals surface area contributed by atoms with E-state index in [-0.39, 0.29) is 0 Å². The molecule has 1 aromatic rings. The van der Waals surface area contributed by atoms with Crippen LogP contribution in [0.15, 0.2) is 23.1 Å². The van der Waals surface area contributed by atoms with Crippen LogP contribution in [0, 0.1) is 11.6 Å². The maximum atomic E-state index is 13.2. The van der Waals surface area contributed by atoms with Crippen molar-refractivity contribution in [1.29, 1.82) is 0 Å². The lowest BCUT2D eigenvalue weighted by molar-refractivity contribution is -0.139. The monoisotopic (exact) mass is 265 g/mol. The van der Waals surface area contributed by atoms with E-state index in [1.807, 2.05) is 0 Å². The zero-order chi connectivity index (χ0) is 13.1. The van der Waals surface area contributed by atoms with Crippen LogP contribution in [0.1, 0.15) is 0 Å². The lowest BCUT2D eigenvalue weighted by Crippen LogP contribution is -2.31. The fourth-order valence-corrected chi connectivity index (χ4v) is 2.14. The number of hydrogen-bond acceptors (Lipinski definition) is 4. The number of carbonyl (C=O) groups is 1. The van der Waals surface area contributed by atoms with Crippen LogP contribution in [0.3, 0.4) is 0 Å². The number of hydrogen-bond donors (Lipinski definition) is 1. The van der Waals surface area contributed by atoms with Gasteiger partial charge in [-0.05, 0) is 12.1 Å². The van der Waals surface area contributed by atoms with Crippen LogP contribution < -0.4 is 4.72 Å². The highest BCUT2D eigenvalue weighted by atomic mass is 32.2. The Balaban J connectivity index is 3.02. The van der Waals surface area contributed by atoms with Crippen LogP contribution in [-0.4, -0.2) is 28.0 Å². The summed E-state index contributed by atoms with van der Waals surface area (Å²) in [5.41, 5.74) is 0. The first kappa shape index (κ1) is 13.5. The molecule has 0 spiro atoms. The minimum Gasteiger partial charge on any atom is -0.468 e. The van der Waals surface area contributed by atoms with E-state index < -0.39 is 39.1 Å². The van der Waals surface area contributed by atoms with Gasteiger partial charge >= 0.3 is 5.97 Å². The number of sulfonamides is 1. The summed E-state index contributed by atoms with van der Waals surface area (Å²) < 4.78 is 55.3. The Labute approximate surface area is 96.4 Å². The molecule has 0 radical (unpaired) electrons. The molecule has 0 saturated heterocycles. The molecule has 94 valence electrons. The van der Waals surface area contributed by atoms with Crippen LogP contribution in [0.4, 0.5) is 8.78 Å². The van der Waals surface area contributed by atoms with Crippen molar-refractivity contribution in [2.75, 3.05) is 13.7 Å². The molecule has 5 nitrogen and oxygen atoms in total. The summed E-state index contributed by atoms with van der Waals surface area (Å²) in [6.07, 6.45) is 0. The number of halogens is 2. The Morgan fingerprint density at radius 3 is 2.35 bits per heavy atom. The molecule has 1 N–H and O–H groups in total. The Morgan fingerprint density at radius 1 is 1.35 bits per heavy atom. The highest BCUT2D eigenvalue weighted by molar-refractivity contribution is 7.89. The maximum Gasteiger partial charge on any atom is 0.320 e. The highest BCUT2D eigenvalue weighted by Crippen LogP contribution is 2.17. The predicted octanol–water partition coefficient (Wildman–Crippen LogP) is 0.416. The van der Waals surface area contributed by atoms with Crippen LogP contribution in [-0.2, 0) is 19.6 Å². The van der Waals surface area contributed by atoms with E-state index in [4.69, 9.17) is 0 Å². The van der Waals surface area contributed by atoms with Crippen molar-refractivity contribution >= 4 is 16.0 Å². The zero-order valence-corrected chi connectivity index (χ0v) is 9.55. The second-order valence-electron chi connectivity index (χ2n) is 2.95. The minimum atomic E-state index is -4.43. The third kappa shape index (κ3) is 3.21. The predicted molar refractivity (Wildman–Crippen MR) is 53.6 cm³/mol. The number of methoxy groups -OCH3 is 1. The van der Waals surface area contributed by atoms with Gasteiger partial charge in [0.15, 0.2) is 4.90 Å². The summed E-state index contributed by atoms with van der Waals surface area (Å²) in [7, 11) is -3.37. The molecule has 0 atom stereocenters. The van der Waals surface area contributed by atoms with Gasteiger partial charge in [0.05, 0.1) is 7.11 Å². The molecule has 0 bridgehead atoms. The van der Waals surface area contributed by atoms with Crippen LogP contribution >= 0.6 is 0 Å². The summed E-state index contributed by atoms with van der Waals surface area (Å²) in [6, 6.07) is 2.63. The van der Waals surface area contributed by atoms with Crippen LogP contribution in [0.5, 0.6) is 0 Å². The molecule has 0 aliphatic rings. The van der Waals surface area contributed by atoms with Crippen LogP contribution in [0.25, 0.3) is 0 Å². The Kier molecular flexibility index (Phi) is 4.13. The van der Waals surface area contributed by atoms with Crippen molar-refractivity contribution in [2.45, 2.75) is 4.90 Å². The zero-order valence-electron chi connectivity index (χ0n) is 8.74. The normalized spacial score (nSPS) is 11.2. The van der Waals surface area contributed by atoms with Gasteiger partial charge < -0.3 is 4.74 Å². The van der Waals surface area contributed by atoms with Gasteiger partial charge in [-0.2, -0.15) is 4.72 Å². The van der Waals surface area contributed by atoms with Crippen LogP contribution in [0.2, 0.25) is 0 Å². The summed E-state index contributed by atoms with van der Waals surface area (Å²) in [5, 5.41) is 0. The van der Waals surface area contributed by atoms with Crippen molar-refractivity contribution in [3.05, 3.63) is 29.8 Å². The van der Waals surface area contributed by atoms with Gasteiger partial charge in [-0.15, -0.1) is 0 Å². The highest BCUT2D eigenvalue weighted by Gasteiger charge is 2.24. The van der Waals surface area contributed by atoms with E-state index in [0.717, 1.165) is 25.3 Å². The molecule has 8 heteroatoms. The lowest BCUT2D eigenvalue weighted by atomic mass is 10.3. The van der Waals surface area contributed by atoms with E-state index in [0.29, 0.717) is 0 Å². The number of nitrogens with one attached hydrogen (secondary N) is 1. The molecule has 1 aromatic carbocycles. The van der Waals surface area contributed by atoms with Gasteiger partial charge in [0, 0.05) is 0 Å². The van der Waals surface area contributed by atoms with Crippen molar-refractivity contribution in [1.82, 2.24) is 4.72 Å². The summed E-state index contributed by atoms with van der Waals surface area (Å²) in [4.78, 5) is 9.60. The lowest BCUT2D eigenvalue weighted by Gasteiger charge is -2.07. The van der Waals surface area contributed by atoms with Gasteiger partial charge in [-0.3, -0.25) is 4.79 Å².